The summed E-state index contributed by atoms with van der Waals surface area (Å²) < 4.78 is 0. The van der Waals surface area contributed by atoms with E-state index >= 15 is 0 Å². The molecule has 0 bridgehead atoms. The van der Waals surface area contributed by atoms with Gasteiger partial charge in [0.2, 0.25) is 11.8 Å². The van der Waals surface area contributed by atoms with Crippen LogP contribution in [0, 0.1) is 0 Å². The fraction of sp³-hybridized carbons (Fsp3) is 0.833. The molecule has 0 aromatic carbocycles. The average molecular weight is 241 g/mol. The number of nitrogens with two attached hydrogens (primary N) is 1. The van der Waals surface area contributed by atoms with Gasteiger partial charge in [-0.3, -0.25) is 9.59 Å². The van der Waals surface area contributed by atoms with E-state index in [9.17, 15) is 9.59 Å². The Kier molecular flexibility index (Phi) is 5.41. The van der Waals surface area contributed by atoms with Gasteiger partial charge < -0.3 is 16.0 Å². The van der Waals surface area contributed by atoms with Crippen LogP contribution in [0.1, 0.15) is 39.5 Å². The van der Waals surface area contributed by atoms with Crippen molar-refractivity contribution in [2.75, 3.05) is 13.1 Å². The van der Waals surface area contributed by atoms with Crippen LogP contribution < -0.4 is 11.1 Å². The summed E-state index contributed by atoms with van der Waals surface area (Å²) >= 11 is 0. The van der Waals surface area contributed by atoms with Crippen molar-refractivity contribution in [1.29, 1.82) is 0 Å². The highest BCUT2D eigenvalue weighted by atomic mass is 16.2. The maximum absolute atomic E-state index is 12.0. The van der Waals surface area contributed by atoms with Gasteiger partial charge in [0.05, 0.1) is 6.54 Å². The Morgan fingerprint density at radius 2 is 2.18 bits per heavy atom. The van der Waals surface area contributed by atoms with Crippen molar-refractivity contribution in [3.8, 4) is 0 Å². The van der Waals surface area contributed by atoms with Gasteiger partial charge in [0, 0.05) is 18.5 Å². The molecule has 0 aliphatic carbocycles. The number of nitrogens with zero attached hydrogens (tertiary/aromatic N) is 1. The molecule has 1 fully saturated rings. The second-order valence-electron chi connectivity index (χ2n) is 4.91. The van der Waals surface area contributed by atoms with Gasteiger partial charge in [0.25, 0.3) is 0 Å². The van der Waals surface area contributed by atoms with Crippen LogP contribution >= 0.6 is 0 Å². The first-order valence-corrected chi connectivity index (χ1v) is 6.32. The molecule has 1 saturated heterocycles. The zero-order chi connectivity index (χ0) is 12.8. The lowest BCUT2D eigenvalue weighted by atomic mass is 10.1. The molecule has 1 aliphatic rings. The summed E-state index contributed by atoms with van der Waals surface area (Å²) in [6.07, 6.45) is 3.67. The summed E-state index contributed by atoms with van der Waals surface area (Å²) in [5.74, 6) is -0.432. The highest BCUT2D eigenvalue weighted by Gasteiger charge is 2.21. The standard InChI is InChI=1S/C12H23N3O2/c1-9(2)15(8-11(13)16)12(17)6-5-10-4-3-7-14-10/h9-10,14H,3-8H2,1-2H3,(H2,13,16). The average Bonchev–Trinajstić information content (AvgIpc) is 2.74. The van der Waals surface area contributed by atoms with Gasteiger partial charge in [-0.1, -0.05) is 0 Å². The fourth-order valence-corrected chi connectivity index (χ4v) is 2.17. The predicted molar refractivity (Wildman–Crippen MR) is 66.3 cm³/mol. The summed E-state index contributed by atoms with van der Waals surface area (Å²) in [5.41, 5.74) is 5.14. The van der Waals surface area contributed by atoms with Crippen LogP contribution in [-0.4, -0.2) is 41.9 Å². The molecule has 1 rings (SSSR count). The van der Waals surface area contributed by atoms with Crippen LogP contribution in [0.2, 0.25) is 0 Å². The maximum atomic E-state index is 12.0. The van der Waals surface area contributed by atoms with E-state index in [0.29, 0.717) is 12.5 Å². The van der Waals surface area contributed by atoms with Crippen LogP contribution in [0.15, 0.2) is 0 Å². The van der Waals surface area contributed by atoms with Gasteiger partial charge in [0.1, 0.15) is 0 Å². The van der Waals surface area contributed by atoms with Crippen LogP contribution in [0.4, 0.5) is 0 Å². The number of hydrogen-bond donors (Lipinski definition) is 2. The van der Waals surface area contributed by atoms with Crippen molar-refractivity contribution in [2.45, 2.75) is 51.6 Å². The Bertz CT molecular complexity index is 273. The van der Waals surface area contributed by atoms with E-state index < -0.39 is 5.91 Å². The third-order valence-electron chi connectivity index (χ3n) is 3.14. The Morgan fingerprint density at radius 1 is 1.47 bits per heavy atom. The molecule has 0 saturated carbocycles. The lowest BCUT2D eigenvalue weighted by molar-refractivity contribution is -0.137. The lowest BCUT2D eigenvalue weighted by Crippen LogP contribution is -2.43. The highest BCUT2D eigenvalue weighted by Crippen LogP contribution is 2.12. The molecule has 1 atom stereocenters. The van der Waals surface area contributed by atoms with E-state index in [2.05, 4.69) is 5.32 Å². The topological polar surface area (TPSA) is 75.4 Å². The lowest BCUT2D eigenvalue weighted by Gasteiger charge is -2.25. The minimum atomic E-state index is -0.453. The van der Waals surface area contributed by atoms with E-state index in [0.717, 1.165) is 19.4 Å². The van der Waals surface area contributed by atoms with Gasteiger partial charge >= 0.3 is 0 Å². The molecule has 1 unspecified atom stereocenters. The van der Waals surface area contributed by atoms with Crippen molar-refractivity contribution >= 4 is 11.8 Å². The molecule has 3 N–H and O–H groups in total. The van der Waals surface area contributed by atoms with Crippen molar-refractivity contribution in [1.82, 2.24) is 10.2 Å². The van der Waals surface area contributed by atoms with Crippen LogP contribution in [0.5, 0.6) is 0 Å². The minimum absolute atomic E-state index is 0.0199. The fourth-order valence-electron chi connectivity index (χ4n) is 2.17. The number of nitrogens with one attached hydrogen (secondary N) is 1. The summed E-state index contributed by atoms with van der Waals surface area (Å²) in [6, 6.07) is 0.480. The largest absolute Gasteiger partial charge is 0.368 e. The smallest absolute Gasteiger partial charge is 0.237 e. The second-order valence-corrected chi connectivity index (χ2v) is 4.91. The summed E-state index contributed by atoms with van der Waals surface area (Å²) in [6.45, 7) is 4.87. The molecule has 5 heteroatoms. The second kappa shape index (κ2) is 6.59. The van der Waals surface area contributed by atoms with E-state index in [1.54, 1.807) is 4.90 Å². The first kappa shape index (κ1) is 14.0. The number of carbonyl (C=O) groups is 2. The van der Waals surface area contributed by atoms with Crippen LogP contribution in [0.3, 0.4) is 0 Å². The first-order chi connectivity index (χ1) is 8.00. The number of carbonyl (C=O) groups excluding carboxylic acids is 2. The highest BCUT2D eigenvalue weighted by molar-refractivity contribution is 5.84. The molecule has 5 nitrogen and oxygen atoms in total. The SMILES string of the molecule is CC(C)N(CC(N)=O)C(=O)CCC1CCCN1. The quantitative estimate of drug-likeness (QED) is 0.699. The molecule has 2 amide bonds. The van der Waals surface area contributed by atoms with Gasteiger partial charge in [-0.25, -0.2) is 0 Å². The van der Waals surface area contributed by atoms with E-state index in [1.807, 2.05) is 13.8 Å². The molecular weight excluding hydrogens is 218 g/mol. The van der Waals surface area contributed by atoms with Gasteiger partial charge in [0.15, 0.2) is 0 Å². The molecule has 0 aromatic heterocycles. The van der Waals surface area contributed by atoms with Crippen molar-refractivity contribution in [3.05, 3.63) is 0 Å². The monoisotopic (exact) mass is 241 g/mol. The third kappa shape index (κ3) is 4.73. The summed E-state index contributed by atoms with van der Waals surface area (Å²) in [7, 11) is 0. The zero-order valence-corrected chi connectivity index (χ0v) is 10.7. The molecule has 1 heterocycles. The molecule has 98 valence electrons. The van der Waals surface area contributed by atoms with Gasteiger partial charge in [-0.2, -0.15) is 0 Å². The zero-order valence-electron chi connectivity index (χ0n) is 10.7. The minimum Gasteiger partial charge on any atom is -0.368 e. The predicted octanol–water partition coefficient (Wildman–Crippen LogP) is 0.241. The van der Waals surface area contributed by atoms with E-state index in [4.69, 9.17) is 5.73 Å². The normalized spacial score (nSPS) is 19.6. The third-order valence-corrected chi connectivity index (χ3v) is 3.14. The number of rotatable bonds is 6. The summed E-state index contributed by atoms with van der Waals surface area (Å²) in [4.78, 5) is 24.4. The Labute approximate surface area is 103 Å². The van der Waals surface area contributed by atoms with Crippen molar-refractivity contribution < 1.29 is 9.59 Å². The van der Waals surface area contributed by atoms with Crippen LogP contribution in [-0.2, 0) is 9.59 Å². The summed E-state index contributed by atoms with van der Waals surface area (Å²) in [5, 5.41) is 3.36. The van der Waals surface area contributed by atoms with E-state index in [1.165, 1.54) is 6.42 Å². The Hall–Kier alpha value is -1.10. The molecule has 0 aromatic rings. The number of amides is 2. The molecule has 17 heavy (non-hydrogen) atoms. The van der Waals surface area contributed by atoms with E-state index in [-0.39, 0.29) is 18.5 Å². The van der Waals surface area contributed by atoms with Crippen molar-refractivity contribution in [3.63, 3.8) is 0 Å². The Morgan fingerprint density at radius 3 is 2.65 bits per heavy atom. The number of hydrogen-bond acceptors (Lipinski definition) is 3. The molecule has 0 spiro atoms. The molecule has 1 aliphatic heterocycles. The first-order valence-electron chi connectivity index (χ1n) is 6.32. The maximum Gasteiger partial charge on any atom is 0.237 e. The number of primary amides is 1. The van der Waals surface area contributed by atoms with Crippen molar-refractivity contribution in [2.24, 2.45) is 5.73 Å². The van der Waals surface area contributed by atoms with Gasteiger partial charge in [-0.05, 0) is 39.7 Å². The Balaban J connectivity index is 2.38. The molecular formula is C12H23N3O2. The van der Waals surface area contributed by atoms with Crippen LogP contribution in [0.25, 0.3) is 0 Å². The molecule has 0 radical (unpaired) electrons. The van der Waals surface area contributed by atoms with Gasteiger partial charge in [-0.15, -0.1) is 0 Å².